The number of esters is 1. The first-order chi connectivity index (χ1) is 13.1. The predicted octanol–water partition coefficient (Wildman–Crippen LogP) is 4.88. The fraction of sp³-hybridized carbons (Fsp3) is 0.238. The molecule has 0 aliphatic heterocycles. The Hall–Kier alpha value is -2.86. The summed E-state index contributed by atoms with van der Waals surface area (Å²) in [5, 5.41) is 2.81. The SMILES string of the molecule is CCOc1ccc(C(=O)OCc2csc(-c3ccc(C)cc3)n2)cc1OC. The van der Waals surface area contributed by atoms with Crippen LogP contribution < -0.4 is 9.47 Å². The molecule has 0 aliphatic rings. The standard InChI is InChI=1S/C21H21NO4S/c1-4-25-18-10-9-16(11-19(18)24-3)21(23)26-12-17-13-27-20(22-17)15-7-5-14(2)6-8-15/h5-11,13H,4,12H2,1-3H3. The predicted molar refractivity (Wildman–Crippen MR) is 106 cm³/mol. The molecule has 1 aromatic heterocycles. The average molecular weight is 383 g/mol. The molecule has 0 bridgehead atoms. The van der Waals surface area contributed by atoms with Gasteiger partial charge in [-0.25, -0.2) is 9.78 Å². The van der Waals surface area contributed by atoms with Crippen LogP contribution in [0.3, 0.4) is 0 Å². The normalized spacial score (nSPS) is 10.5. The monoisotopic (exact) mass is 383 g/mol. The van der Waals surface area contributed by atoms with E-state index in [2.05, 4.69) is 17.1 Å². The van der Waals surface area contributed by atoms with Crippen LogP contribution in [0.5, 0.6) is 11.5 Å². The van der Waals surface area contributed by atoms with Gasteiger partial charge in [0.25, 0.3) is 0 Å². The van der Waals surface area contributed by atoms with E-state index in [1.165, 1.54) is 24.0 Å². The molecule has 27 heavy (non-hydrogen) atoms. The number of aromatic nitrogens is 1. The summed E-state index contributed by atoms with van der Waals surface area (Å²) in [5.74, 6) is 0.668. The number of benzene rings is 2. The van der Waals surface area contributed by atoms with E-state index < -0.39 is 5.97 Å². The number of ether oxygens (including phenoxy) is 3. The zero-order chi connectivity index (χ0) is 19.2. The molecular weight excluding hydrogens is 362 g/mol. The first-order valence-electron chi connectivity index (χ1n) is 8.60. The Morgan fingerprint density at radius 2 is 1.89 bits per heavy atom. The second-order valence-electron chi connectivity index (χ2n) is 5.88. The first-order valence-corrected chi connectivity index (χ1v) is 9.48. The van der Waals surface area contributed by atoms with Crippen molar-refractivity contribution in [1.82, 2.24) is 4.98 Å². The lowest BCUT2D eigenvalue weighted by molar-refractivity contribution is 0.0468. The van der Waals surface area contributed by atoms with Crippen molar-refractivity contribution in [1.29, 1.82) is 0 Å². The highest BCUT2D eigenvalue weighted by molar-refractivity contribution is 7.13. The molecule has 0 unspecified atom stereocenters. The third-order valence-electron chi connectivity index (χ3n) is 3.90. The van der Waals surface area contributed by atoms with Crippen molar-refractivity contribution in [2.75, 3.05) is 13.7 Å². The van der Waals surface area contributed by atoms with Crippen molar-refractivity contribution < 1.29 is 19.0 Å². The second-order valence-corrected chi connectivity index (χ2v) is 6.74. The third kappa shape index (κ3) is 4.65. The van der Waals surface area contributed by atoms with Crippen LogP contribution in [-0.4, -0.2) is 24.7 Å². The lowest BCUT2D eigenvalue weighted by Gasteiger charge is -2.10. The number of carbonyl (C=O) groups is 1. The van der Waals surface area contributed by atoms with Crippen LogP contribution in [0.4, 0.5) is 0 Å². The zero-order valence-electron chi connectivity index (χ0n) is 15.5. The van der Waals surface area contributed by atoms with E-state index in [9.17, 15) is 4.79 Å². The molecule has 0 saturated heterocycles. The number of aryl methyl sites for hydroxylation is 1. The summed E-state index contributed by atoms with van der Waals surface area (Å²) in [6, 6.07) is 13.2. The van der Waals surface area contributed by atoms with Gasteiger partial charge in [0.1, 0.15) is 11.6 Å². The Morgan fingerprint density at radius 3 is 2.59 bits per heavy atom. The van der Waals surface area contributed by atoms with E-state index >= 15 is 0 Å². The molecule has 0 amide bonds. The minimum absolute atomic E-state index is 0.122. The Morgan fingerprint density at radius 1 is 1.11 bits per heavy atom. The summed E-state index contributed by atoms with van der Waals surface area (Å²) in [6.45, 7) is 4.58. The summed E-state index contributed by atoms with van der Waals surface area (Å²) in [7, 11) is 1.54. The Kier molecular flexibility index (Phi) is 6.08. The van der Waals surface area contributed by atoms with Crippen LogP contribution in [0, 0.1) is 6.92 Å². The van der Waals surface area contributed by atoms with Crippen LogP contribution in [0.1, 0.15) is 28.5 Å². The molecule has 3 aromatic rings. The molecule has 0 radical (unpaired) electrons. The lowest BCUT2D eigenvalue weighted by atomic mass is 10.2. The number of hydrogen-bond acceptors (Lipinski definition) is 6. The summed E-state index contributed by atoms with van der Waals surface area (Å²) < 4.78 is 16.1. The van der Waals surface area contributed by atoms with Crippen LogP contribution in [0.15, 0.2) is 47.8 Å². The fourth-order valence-electron chi connectivity index (χ4n) is 2.49. The van der Waals surface area contributed by atoms with Gasteiger partial charge < -0.3 is 14.2 Å². The highest BCUT2D eigenvalue weighted by Gasteiger charge is 2.13. The minimum atomic E-state index is -0.429. The van der Waals surface area contributed by atoms with Crippen LogP contribution in [0.2, 0.25) is 0 Å². The van der Waals surface area contributed by atoms with Gasteiger partial charge in [-0.2, -0.15) is 0 Å². The van der Waals surface area contributed by atoms with Gasteiger partial charge in [-0.15, -0.1) is 11.3 Å². The maximum absolute atomic E-state index is 12.3. The van der Waals surface area contributed by atoms with E-state index in [-0.39, 0.29) is 6.61 Å². The van der Waals surface area contributed by atoms with E-state index in [0.717, 1.165) is 16.3 Å². The Labute approximate surface area is 162 Å². The molecule has 1 heterocycles. The number of nitrogens with zero attached hydrogens (tertiary/aromatic N) is 1. The highest BCUT2D eigenvalue weighted by Crippen LogP contribution is 2.29. The molecule has 0 saturated carbocycles. The van der Waals surface area contributed by atoms with E-state index in [1.54, 1.807) is 18.2 Å². The van der Waals surface area contributed by atoms with Gasteiger partial charge in [-0.05, 0) is 32.0 Å². The van der Waals surface area contributed by atoms with E-state index in [4.69, 9.17) is 14.2 Å². The van der Waals surface area contributed by atoms with Crippen molar-refractivity contribution in [3.8, 4) is 22.1 Å². The molecule has 3 rings (SSSR count). The molecule has 140 valence electrons. The summed E-state index contributed by atoms with van der Waals surface area (Å²) in [6.07, 6.45) is 0. The van der Waals surface area contributed by atoms with Gasteiger partial charge in [0.2, 0.25) is 0 Å². The van der Waals surface area contributed by atoms with E-state index in [0.29, 0.717) is 23.7 Å². The average Bonchev–Trinajstić information content (AvgIpc) is 3.16. The van der Waals surface area contributed by atoms with Gasteiger partial charge in [0.15, 0.2) is 11.5 Å². The largest absolute Gasteiger partial charge is 0.493 e. The van der Waals surface area contributed by atoms with Gasteiger partial charge in [0, 0.05) is 10.9 Å². The van der Waals surface area contributed by atoms with Gasteiger partial charge in [-0.3, -0.25) is 0 Å². The molecule has 0 aliphatic carbocycles. The number of carbonyl (C=O) groups excluding carboxylic acids is 1. The highest BCUT2D eigenvalue weighted by atomic mass is 32.1. The quantitative estimate of drug-likeness (QED) is 0.544. The van der Waals surface area contributed by atoms with Gasteiger partial charge >= 0.3 is 5.97 Å². The van der Waals surface area contributed by atoms with E-state index in [1.807, 2.05) is 31.4 Å². The number of hydrogen-bond donors (Lipinski definition) is 0. The maximum Gasteiger partial charge on any atom is 0.338 e. The number of methoxy groups -OCH3 is 1. The Bertz CT molecular complexity index is 918. The minimum Gasteiger partial charge on any atom is -0.493 e. The number of thiazole rings is 1. The van der Waals surface area contributed by atoms with Crippen LogP contribution in [-0.2, 0) is 11.3 Å². The summed E-state index contributed by atoms with van der Waals surface area (Å²) in [5.41, 5.74) is 3.39. The summed E-state index contributed by atoms with van der Waals surface area (Å²) in [4.78, 5) is 16.9. The lowest BCUT2D eigenvalue weighted by Crippen LogP contribution is -2.06. The van der Waals surface area contributed by atoms with Crippen molar-refractivity contribution in [3.63, 3.8) is 0 Å². The molecule has 2 aromatic carbocycles. The molecule has 0 N–H and O–H groups in total. The van der Waals surface area contributed by atoms with Gasteiger partial charge in [0.05, 0.1) is 25.0 Å². The van der Waals surface area contributed by atoms with Crippen LogP contribution >= 0.6 is 11.3 Å². The molecule has 0 spiro atoms. The van der Waals surface area contributed by atoms with Crippen molar-refractivity contribution in [2.45, 2.75) is 20.5 Å². The fourth-order valence-corrected chi connectivity index (χ4v) is 3.30. The molecular formula is C21H21NO4S. The van der Waals surface area contributed by atoms with Crippen LogP contribution in [0.25, 0.3) is 10.6 Å². The smallest absolute Gasteiger partial charge is 0.338 e. The third-order valence-corrected chi connectivity index (χ3v) is 4.84. The molecule has 0 atom stereocenters. The Balaban J connectivity index is 1.65. The topological polar surface area (TPSA) is 57.7 Å². The molecule has 5 nitrogen and oxygen atoms in total. The van der Waals surface area contributed by atoms with Gasteiger partial charge in [-0.1, -0.05) is 29.8 Å². The maximum atomic E-state index is 12.3. The first kappa shape index (κ1) is 18.9. The second kappa shape index (κ2) is 8.68. The van der Waals surface area contributed by atoms with Crippen molar-refractivity contribution in [2.24, 2.45) is 0 Å². The van der Waals surface area contributed by atoms with Crippen molar-refractivity contribution in [3.05, 3.63) is 64.7 Å². The molecule has 6 heteroatoms. The van der Waals surface area contributed by atoms with Crippen molar-refractivity contribution >= 4 is 17.3 Å². The molecule has 0 fully saturated rings. The number of rotatable bonds is 7. The summed E-state index contributed by atoms with van der Waals surface area (Å²) >= 11 is 1.53. The zero-order valence-corrected chi connectivity index (χ0v) is 16.3.